The van der Waals surface area contributed by atoms with Gasteiger partial charge in [0.2, 0.25) is 5.91 Å². The summed E-state index contributed by atoms with van der Waals surface area (Å²) in [7, 11) is 0. The molecule has 0 saturated carbocycles. The van der Waals surface area contributed by atoms with Gasteiger partial charge < -0.3 is 10.0 Å². The molecule has 2 atom stereocenters. The molecule has 3 heteroatoms. The topological polar surface area (TPSA) is 40.5 Å². The van der Waals surface area contributed by atoms with Crippen molar-refractivity contribution in [2.75, 3.05) is 13.2 Å². The fourth-order valence-electron chi connectivity index (χ4n) is 3.23. The first kappa shape index (κ1) is 11.7. The van der Waals surface area contributed by atoms with Crippen molar-refractivity contribution in [2.24, 2.45) is 5.92 Å². The van der Waals surface area contributed by atoms with E-state index in [1.807, 2.05) is 4.90 Å². The molecule has 1 heterocycles. The van der Waals surface area contributed by atoms with E-state index >= 15 is 0 Å². The smallest absolute Gasteiger partial charge is 0.223 e. The zero-order chi connectivity index (χ0) is 12.5. The van der Waals surface area contributed by atoms with Crippen LogP contribution in [0, 0.1) is 5.92 Å². The summed E-state index contributed by atoms with van der Waals surface area (Å²) in [5.74, 6) is 0.369. The van der Waals surface area contributed by atoms with Crippen LogP contribution >= 0.6 is 0 Å². The number of likely N-dealkylation sites (tertiary alicyclic amines) is 1. The molecule has 1 aliphatic heterocycles. The number of aliphatic hydroxyl groups excluding tert-OH is 1. The number of fused-ring (bicyclic) bond motifs is 1. The molecule has 1 aliphatic carbocycles. The number of aliphatic hydroxyl groups is 1. The molecule has 1 aromatic rings. The largest absolute Gasteiger partial charge is 0.396 e. The predicted octanol–water partition coefficient (Wildman–Crippen LogP) is 1.38. The van der Waals surface area contributed by atoms with E-state index in [1.165, 1.54) is 11.1 Å². The normalized spacial score (nSPS) is 27.4. The Balaban J connectivity index is 1.74. The average Bonchev–Trinajstić information content (AvgIpc) is 2.79. The molecular weight excluding hydrogens is 226 g/mol. The number of nitrogens with zero attached hydrogens (tertiary/aromatic N) is 1. The van der Waals surface area contributed by atoms with E-state index in [4.69, 9.17) is 0 Å². The van der Waals surface area contributed by atoms with Crippen molar-refractivity contribution < 1.29 is 9.90 Å². The molecule has 1 saturated heterocycles. The molecule has 96 valence electrons. The molecule has 0 spiro atoms. The van der Waals surface area contributed by atoms with Gasteiger partial charge in [0.05, 0.1) is 0 Å². The average molecular weight is 245 g/mol. The van der Waals surface area contributed by atoms with Crippen LogP contribution in [0.4, 0.5) is 0 Å². The van der Waals surface area contributed by atoms with E-state index in [1.54, 1.807) is 0 Å². The monoisotopic (exact) mass is 245 g/mol. The summed E-state index contributed by atoms with van der Waals surface area (Å²) in [4.78, 5) is 14.0. The highest BCUT2D eigenvalue weighted by molar-refractivity contribution is 5.79. The molecule has 0 bridgehead atoms. The second-order valence-corrected chi connectivity index (χ2v) is 5.46. The van der Waals surface area contributed by atoms with E-state index in [9.17, 15) is 9.90 Å². The number of hydrogen-bond donors (Lipinski definition) is 1. The number of rotatable bonds is 2. The number of carbonyl (C=O) groups is 1. The third kappa shape index (κ3) is 2.03. The molecule has 3 nitrogen and oxygen atoms in total. The summed E-state index contributed by atoms with van der Waals surface area (Å²) in [6.45, 7) is 0.869. The Kier molecular flexibility index (Phi) is 3.08. The first-order valence-corrected chi connectivity index (χ1v) is 6.75. The highest BCUT2D eigenvalue weighted by Gasteiger charge is 2.35. The zero-order valence-corrected chi connectivity index (χ0v) is 10.5. The fraction of sp³-hybridized carbons (Fsp3) is 0.533. The van der Waals surface area contributed by atoms with Gasteiger partial charge in [-0.25, -0.2) is 0 Å². The number of carbonyl (C=O) groups excluding carboxylic acids is 1. The number of benzene rings is 1. The van der Waals surface area contributed by atoms with Gasteiger partial charge in [0, 0.05) is 31.5 Å². The number of aryl methyl sites for hydroxylation is 1. The van der Waals surface area contributed by atoms with E-state index in [-0.39, 0.29) is 18.4 Å². The van der Waals surface area contributed by atoms with Crippen LogP contribution in [0.2, 0.25) is 0 Å². The summed E-state index contributed by atoms with van der Waals surface area (Å²) >= 11 is 0. The predicted molar refractivity (Wildman–Crippen MR) is 69.2 cm³/mol. The van der Waals surface area contributed by atoms with Crippen LogP contribution in [0.15, 0.2) is 24.3 Å². The maximum Gasteiger partial charge on any atom is 0.223 e. The quantitative estimate of drug-likeness (QED) is 0.855. The lowest BCUT2D eigenvalue weighted by atomic mass is 9.87. The Morgan fingerprint density at radius 2 is 2.00 bits per heavy atom. The van der Waals surface area contributed by atoms with Crippen LogP contribution in [-0.4, -0.2) is 35.1 Å². The van der Waals surface area contributed by atoms with Gasteiger partial charge in [-0.05, 0) is 30.4 Å². The molecule has 1 N–H and O–H groups in total. The molecule has 2 unspecified atom stereocenters. The van der Waals surface area contributed by atoms with E-state index in [0.29, 0.717) is 12.5 Å². The summed E-state index contributed by atoms with van der Waals surface area (Å²) in [5.41, 5.74) is 2.81. The molecule has 0 radical (unpaired) electrons. The lowest BCUT2D eigenvalue weighted by Crippen LogP contribution is -2.40. The Bertz CT molecular complexity index is 458. The van der Waals surface area contributed by atoms with Gasteiger partial charge in [-0.1, -0.05) is 24.3 Å². The lowest BCUT2D eigenvalue weighted by molar-refractivity contribution is -0.129. The van der Waals surface area contributed by atoms with Crippen LogP contribution in [-0.2, 0) is 17.6 Å². The van der Waals surface area contributed by atoms with E-state index < -0.39 is 0 Å². The standard InChI is InChI=1S/C15H19NO2/c17-10-11-7-15(18)16(9-11)14-6-5-12-3-1-2-4-13(12)8-14/h1-4,11,14,17H,5-10H2. The minimum atomic E-state index is 0.131. The summed E-state index contributed by atoms with van der Waals surface area (Å²) < 4.78 is 0. The number of amides is 1. The van der Waals surface area contributed by atoms with Crippen molar-refractivity contribution in [1.29, 1.82) is 0 Å². The summed E-state index contributed by atoms with van der Waals surface area (Å²) in [5, 5.41) is 9.18. The zero-order valence-electron chi connectivity index (χ0n) is 10.5. The third-order valence-corrected chi connectivity index (χ3v) is 4.26. The van der Waals surface area contributed by atoms with E-state index in [2.05, 4.69) is 24.3 Å². The van der Waals surface area contributed by atoms with Crippen molar-refractivity contribution in [3.05, 3.63) is 35.4 Å². The summed E-state index contributed by atoms with van der Waals surface area (Å²) in [6, 6.07) is 8.86. The molecule has 1 amide bonds. The van der Waals surface area contributed by atoms with Crippen LogP contribution < -0.4 is 0 Å². The SMILES string of the molecule is O=C1CC(CO)CN1C1CCc2ccccc2C1. The second kappa shape index (κ2) is 4.73. The fourth-order valence-corrected chi connectivity index (χ4v) is 3.23. The Hall–Kier alpha value is -1.35. The third-order valence-electron chi connectivity index (χ3n) is 4.26. The first-order valence-electron chi connectivity index (χ1n) is 6.75. The van der Waals surface area contributed by atoms with Gasteiger partial charge in [0.15, 0.2) is 0 Å². The van der Waals surface area contributed by atoms with Gasteiger partial charge in [-0.2, -0.15) is 0 Å². The van der Waals surface area contributed by atoms with Crippen molar-refractivity contribution in [3.63, 3.8) is 0 Å². The Morgan fingerprint density at radius 1 is 1.22 bits per heavy atom. The Labute approximate surface area is 107 Å². The van der Waals surface area contributed by atoms with Crippen LogP contribution in [0.25, 0.3) is 0 Å². The van der Waals surface area contributed by atoms with Crippen molar-refractivity contribution in [2.45, 2.75) is 31.7 Å². The first-order chi connectivity index (χ1) is 8.78. The minimum Gasteiger partial charge on any atom is -0.396 e. The maximum atomic E-state index is 12.0. The maximum absolute atomic E-state index is 12.0. The minimum absolute atomic E-state index is 0.131. The molecule has 2 aliphatic rings. The second-order valence-electron chi connectivity index (χ2n) is 5.46. The molecular formula is C15H19NO2. The van der Waals surface area contributed by atoms with Gasteiger partial charge in [0.1, 0.15) is 0 Å². The highest BCUT2D eigenvalue weighted by atomic mass is 16.3. The molecule has 18 heavy (non-hydrogen) atoms. The van der Waals surface area contributed by atoms with Crippen LogP contribution in [0.3, 0.4) is 0 Å². The highest BCUT2D eigenvalue weighted by Crippen LogP contribution is 2.28. The number of hydrogen-bond acceptors (Lipinski definition) is 2. The molecule has 1 fully saturated rings. The summed E-state index contributed by atoms with van der Waals surface area (Å²) in [6.07, 6.45) is 3.62. The van der Waals surface area contributed by atoms with E-state index in [0.717, 1.165) is 25.8 Å². The van der Waals surface area contributed by atoms with Crippen molar-refractivity contribution >= 4 is 5.91 Å². The van der Waals surface area contributed by atoms with Crippen molar-refractivity contribution in [3.8, 4) is 0 Å². The molecule has 3 rings (SSSR count). The lowest BCUT2D eigenvalue weighted by Gasteiger charge is -2.32. The van der Waals surface area contributed by atoms with Gasteiger partial charge in [-0.3, -0.25) is 4.79 Å². The van der Waals surface area contributed by atoms with Crippen LogP contribution in [0.5, 0.6) is 0 Å². The van der Waals surface area contributed by atoms with Gasteiger partial charge in [-0.15, -0.1) is 0 Å². The van der Waals surface area contributed by atoms with Crippen LogP contribution in [0.1, 0.15) is 24.0 Å². The molecule has 1 aromatic carbocycles. The van der Waals surface area contributed by atoms with Gasteiger partial charge >= 0.3 is 0 Å². The molecule has 0 aromatic heterocycles. The van der Waals surface area contributed by atoms with Gasteiger partial charge in [0.25, 0.3) is 0 Å². The van der Waals surface area contributed by atoms with Crippen molar-refractivity contribution in [1.82, 2.24) is 4.90 Å². The Morgan fingerprint density at radius 3 is 2.72 bits per heavy atom.